The van der Waals surface area contributed by atoms with Crippen molar-refractivity contribution in [2.75, 3.05) is 5.75 Å². The van der Waals surface area contributed by atoms with Gasteiger partial charge >= 0.3 is 0 Å². The Hall–Kier alpha value is -4.11. The zero-order valence-corrected chi connectivity index (χ0v) is 18.8. The maximum atomic E-state index is 13.1. The summed E-state index contributed by atoms with van der Waals surface area (Å²) in [6.45, 7) is 0. The highest BCUT2D eigenvalue weighted by atomic mass is 32.2. The Bertz CT molecular complexity index is 1520. The van der Waals surface area contributed by atoms with E-state index in [-0.39, 0.29) is 17.7 Å². The highest BCUT2D eigenvalue weighted by Crippen LogP contribution is 2.30. The van der Waals surface area contributed by atoms with E-state index in [4.69, 9.17) is 15.1 Å². The average Bonchev–Trinajstić information content (AvgIpc) is 3.57. The lowest BCUT2D eigenvalue weighted by Crippen LogP contribution is -2.28. The molecule has 0 N–H and O–H groups in total. The van der Waals surface area contributed by atoms with E-state index in [0.29, 0.717) is 23.0 Å². The molecule has 4 heterocycles. The van der Waals surface area contributed by atoms with Crippen molar-refractivity contribution in [2.45, 2.75) is 17.6 Å². The monoisotopic (exact) mass is 465 g/mol. The van der Waals surface area contributed by atoms with E-state index in [1.54, 1.807) is 28.1 Å². The molecular formula is C25H19N7OS. The Morgan fingerprint density at radius 3 is 2.62 bits per heavy atom. The first-order chi connectivity index (χ1) is 16.8. The number of pyridine rings is 1. The fraction of sp³-hybridized carbons (Fsp3) is 0.120. The van der Waals surface area contributed by atoms with Crippen molar-refractivity contribution < 1.29 is 4.79 Å². The molecule has 1 atom stereocenters. The third kappa shape index (κ3) is 3.69. The quantitative estimate of drug-likeness (QED) is 0.283. The Kier molecular flexibility index (Phi) is 5.23. The van der Waals surface area contributed by atoms with Gasteiger partial charge in [0.1, 0.15) is 0 Å². The molecule has 0 unspecified atom stereocenters. The van der Waals surface area contributed by atoms with Crippen molar-refractivity contribution in [3.63, 3.8) is 0 Å². The zero-order chi connectivity index (χ0) is 22.9. The number of fused-ring (bicyclic) bond motifs is 3. The second kappa shape index (κ2) is 8.68. The molecule has 9 heteroatoms. The van der Waals surface area contributed by atoms with Gasteiger partial charge in [-0.25, -0.2) is 15.0 Å². The highest BCUT2D eigenvalue weighted by Gasteiger charge is 2.28. The van der Waals surface area contributed by atoms with Gasteiger partial charge in [0.25, 0.3) is 5.91 Å². The molecule has 8 nitrogen and oxygen atoms in total. The molecular weight excluding hydrogens is 446 g/mol. The summed E-state index contributed by atoms with van der Waals surface area (Å²) in [5.41, 5.74) is 3.45. The topological polar surface area (TPSA) is 88.6 Å². The summed E-state index contributed by atoms with van der Waals surface area (Å²) in [7, 11) is 0. The van der Waals surface area contributed by atoms with Crippen LogP contribution in [0.25, 0.3) is 27.9 Å². The minimum absolute atomic E-state index is 0.0785. The second-order valence-electron chi connectivity index (χ2n) is 7.81. The number of carbonyl (C=O) groups excluding carboxylic acids is 1. The van der Waals surface area contributed by atoms with Gasteiger partial charge in [-0.2, -0.15) is 9.62 Å². The fourth-order valence-electron chi connectivity index (χ4n) is 4.05. The molecule has 166 valence electrons. The van der Waals surface area contributed by atoms with Gasteiger partial charge < -0.3 is 0 Å². The minimum atomic E-state index is -0.0801. The minimum Gasteiger partial charge on any atom is -0.272 e. The smallest absolute Gasteiger partial charge is 0.253 e. The van der Waals surface area contributed by atoms with Crippen molar-refractivity contribution in [3.8, 4) is 11.4 Å². The molecule has 1 aliphatic rings. The number of para-hydroxylation sites is 1. The summed E-state index contributed by atoms with van der Waals surface area (Å²) in [6, 6.07) is 21.5. The number of amides is 1. The molecule has 1 amide bonds. The Morgan fingerprint density at radius 1 is 0.971 bits per heavy atom. The summed E-state index contributed by atoms with van der Waals surface area (Å²) in [5, 5.41) is 12.1. The Morgan fingerprint density at radius 2 is 1.76 bits per heavy atom. The molecule has 1 aliphatic heterocycles. The van der Waals surface area contributed by atoms with Gasteiger partial charge in [0.15, 0.2) is 16.6 Å². The Labute approximate surface area is 199 Å². The molecule has 5 aromatic rings. The molecule has 0 spiro atoms. The number of hydrogen-bond acceptors (Lipinski definition) is 7. The number of aromatic nitrogens is 5. The first-order valence-electron chi connectivity index (χ1n) is 10.9. The van der Waals surface area contributed by atoms with Crippen LogP contribution in [0, 0.1) is 0 Å². The molecule has 0 bridgehead atoms. The van der Waals surface area contributed by atoms with Gasteiger partial charge in [0, 0.05) is 36.0 Å². The summed E-state index contributed by atoms with van der Waals surface area (Å²) in [4.78, 5) is 26.8. The molecule has 0 fully saturated rings. The van der Waals surface area contributed by atoms with E-state index in [9.17, 15) is 4.79 Å². The molecule has 2 aromatic carbocycles. The van der Waals surface area contributed by atoms with Crippen LogP contribution in [0.1, 0.15) is 18.0 Å². The van der Waals surface area contributed by atoms with Crippen LogP contribution in [0.15, 0.2) is 89.4 Å². The lowest BCUT2D eigenvalue weighted by atomic mass is 10.0. The van der Waals surface area contributed by atoms with E-state index in [2.05, 4.69) is 10.1 Å². The van der Waals surface area contributed by atoms with Crippen LogP contribution in [0.2, 0.25) is 0 Å². The van der Waals surface area contributed by atoms with Crippen molar-refractivity contribution in [3.05, 3.63) is 84.7 Å². The third-order valence-electron chi connectivity index (χ3n) is 5.68. The summed E-state index contributed by atoms with van der Waals surface area (Å²) in [6.07, 6.45) is 5.93. The Balaban J connectivity index is 1.32. The van der Waals surface area contributed by atoms with Gasteiger partial charge in [-0.3, -0.25) is 9.78 Å². The zero-order valence-electron chi connectivity index (χ0n) is 18.0. The first-order valence-corrected chi connectivity index (χ1v) is 11.8. The standard InChI is InChI=1S/C25H19N7OS/c33-22(31-21(12-15-27-31)17-6-2-1-3-7-17)16-34-25-28-20-9-5-4-8-19(20)24-29-23(30-32(24)25)18-10-13-26-14-11-18/h1-11,13-15,21H,12,16H2/t21-/m1/s1. The molecule has 0 saturated carbocycles. The second-order valence-corrected chi connectivity index (χ2v) is 8.75. The summed E-state index contributed by atoms with van der Waals surface area (Å²) < 4.78 is 1.72. The largest absolute Gasteiger partial charge is 0.272 e. The van der Waals surface area contributed by atoms with Crippen LogP contribution in [0.5, 0.6) is 0 Å². The van der Waals surface area contributed by atoms with E-state index < -0.39 is 0 Å². The van der Waals surface area contributed by atoms with Gasteiger partial charge in [0.05, 0.1) is 17.3 Å². The maximum absolute atomic E-state index is 13.1. The maximum Gasteiger partial charge on any atom is 0.253 e. The number of hydrogen-bond donors (Lipinski definition) is 0. The van der Waals surface area contributed by atoms with E-state index in [0.717, 1.165) is 22.0 Å². The lowest BCUT2D eigenvalue weighted by Gasteiger charge is -2.22. The van der Waals surface area contributed by atoms with Crippen molar-refractivity contribution in [1.29, 1.82) is 0 Å². The van der Waals surface area contributed by atoms with Crippen molar-refractivity contribution in [1.82, 2.24) is 29.6 Å². The van der Waals surface area contributed by atoms with Crippen molar-refractivity contribution in [2.24, 2.45) is 5.10 Å². The number of benzene rings is 2. The van der Waals surface area contributed by atoms with E-state index in [1.807, 2.05) is 66.7 Å². The first kappa shape index (κ1) is 20.5. The number of carbonyl (C=O) groups is 1. The molecule has 0 radical (unpaired) electrons. The normalized spacial score (nSPS) is 15.4. The van der Waals surface area contributed by atoms with Crippen LogP contribution in [-0.4, -0.2) is 47.4 Å². The molecule has 3 aromatic heterocycles. The van der Waals surface area contributed by atoms with Crippen LogP contribution in [-0.2, 0) is 4.79 Å². The molecule has 6 rings (SSSR count). The van der Waals surface area contributed by atoms with Gasteiger partial charge in [0.2, 0.25) is 0 Å². The van der Waals surface area contributed by atoms with Crippen LogP contribution in [0.3, 0.4) is 0 Å². The summed E-state index contributed by atoms with van der Waals surface area (Å²) in [5.74, 6) is 0.693. The lowest BCUT2D eigenvalue weighted by molar-refractivity contribution is -0.130. The number of hydrazone groups is 1. The van der Waals surface area contributed by atoms with Crippen LogP contribution >= 0.6 is 11.8 Å². The molecule has 0 aliphatic carbocycles. The summed E-state index contributed by atoms with van der Waals surface area (Å²) >= 11 is 1.34. The molecule has 34 heavy (non-hydrogen) atoms. The van der Waals surface area contributed by atoms with Gasteiger partial charge in [-0.05, 0) is 29.8 Å². The predicted molar refractivity (Wildman–Crippen MR) is 131 cm³/mol. The van der Waals surface area contributed by atoms with Gasteiger partial charge in [-0.15, -0.1) is 5.10 Å². The SMILES string of the molecule is O=C(CSc1nc2ccccc2c2nc(-c3ccncc3)nn12)N1N=CC[C@@H]1c1ccccc1. The predicted octanol–water partition coefficient (Wildman–Crippen LogP) is 4.39. The van der Waals surface area contributed by atoms with Crippen molar-refractivity contribution >= 4 is 40.4 Å². The van der Waals surface area contributed by atoms with Crippen LogP contribution < -0.4 is 0 Å². The fourth-order valence-corrected chi connectivity index (χ4v) is 4.84. The van der Waals surface area contributed by atoms with E-state index >= 15 is 0 Å². The number of thioether (sulfide) groups is 1. The average molecular weight is 466 g/mol. The van der Waals surface area contributed by atoms with Gasteiger partial charge in [-0.1, -0.05) is 54.2 Å². The van der Waals surface area contributed by atoms with Crippen LogP contribution in [0.4, 0.5) is 0 Å². The third-order valence-corrected chi connectivity index (χ3v) is 6.60. The number of rotatable bonds is 5. The molecule has 0 saturated heterocycles. The number of nitrogens with zero attached hydrogens (tertiary/aromatic N) is 7. The highest BCUT2D eigenvalue weighted by molar-refractivity contribution is 7.99. The van der Waals surface area contributed by atoms with E-state index in [1.165, 1.54) is 11.8 Å².